The van der Waals surface area contributed by atoms with Gasteiger partial charge in [-0.2, -0.15) is 0 Å². The number of anilines is 1. The number of hydrogen-bond donors (Lipinski definition) is 1. The highest BCUT2D eigenvalue weighted by Crippen LogP contribution is 2.32. The number of carbonyl (C=O) groups excluding carboxylic acids is 1. The third kappa shape index (κ3) is 4.65. The first-order valence-electron chi connectivity index (χ1n) is 10.1. The van der Waals surface area contributed by atoms with Gasteiger partial charge in [0.2, 0.25) is 15.9 Å². The lowest BCUT2D eigenvalue weighted by molar-refractivity contribution is -0.123. The molecule has 2 atom stereocenters. The third-order valence-corrected chi connectivity index (χ3v) is 8.62. The maximum absolute atomic E-state index is 13.1. The number of ether oxygens (including phenoxy) is 1. The van der Waals surface area contributed by atoms with Gasteiger partial charge in [-0.1, -0.05) is 12.1 Å². The number of carbonyl (C=O) groups is 1. The van der Waals surface area contributed by atoms with Crippen LogP contribution in [0.25, 0.3) is 0 Å². The SMILES string of the molecule is COc1ccc(N2C(=O)CN(CCc3ccc(S(N)(=O)=O)cc3)C3CS(=O)(=O)CC32)cc1. The number of amides is 1. The monoisotopic (exact) mass is 479 g/mol. The van der Waals surface area contributed by atoms with Crippen LogP contribution >= 0.6 is 0 Å². The van der Waals surface area contributed by atoms with Crippen molar-refractivity contribution in [2.24, 2.45) is 5.14 Å². The van der Waals surface area contributed by atoms with Gasteiger partial charge in [-0.15, -0.1) is 0 Å². The number of benzene rings is 2. The highest BCUT2D eigenvalue weighted by Gasteiger charge is 2.49. The zero-order chi connectivity index (χ0) is 23.1. The van der Waals surface area contributed by atoms with Crippen molar-refractivity contribution < 1.29 is 26.4 Å². The average molecular weight is 480 g/mol. The van der Waals surface area contributed by atoms with Crippen LogP contribution in [-0.4, -0.2) is 71.4 Å². The quantitative estimate of drug-likeness (QED) is 0.635. The van der Waals surface area contributed by atoms with Crippen LogP contribution in [0.4, 0.5) is 5.69 Å². The molecule has 32 heavy (non-hydrogen) atoms. The van der Waals surface area contributed by atoms with E-state index in [9.17, 15) is 21.6 Å². The molecule has 2 N–H and O–H groups in total. The molecular formula is C21H25N3O6S2. The maximum Gasteiger partial charge on any atom is 0.241 e. The van der Waals surface area contributed by atoms with Gasteiger partial charge in [-0.05, 0) is 48.4 Å². The second-order valence-corrected chi connectivity index (χ2v) is 11.8. The number of hydrogen-bond acceptors (Lipinski definition) is 7. The first-order valence-corrected chi connectivity index (χ1v) is 13.5. The second kappa shape index (κ2) is 8.47. The number of nitrogens with two attached hydrogens (primary N) is 1. The van der Waals surface area contributed by atoms with Crippen LogP contribution in [0.2, 0.25) is 0 Å². The molecule has 1 amide bonds. The molecule has 0 aliphatic carbocycles. The Labute approximate surface area is 187 Å². The number of sulfonamides is 1. The Kier molecular flexibility index (Phi) is 6.01. The van der Waals surface area contributed by atoms with Crippen LogP contribution in [0.3, 0.4) is 0 Å². The van der Waals surface area contributed by atoms with Gasteiger partial charge >= 0.3 is 0 Å². The summed E-state index contributed by atoms with van der Waals surface area (Å²) in [6.07, 6.45) is 0.546. The molecule has 0 saturated carbocycles. The maximum atomic E-state index is 13.1. The van der Waals surface area contributed by atoms with E-state index < -0.39 is 25.9 Å². The standard InChI is InChI=1S/C21H25N3O6S2/c1-30-17-6-4-16(5-7-17)24-20-14-31(26,27)13-19(20)23(12-21(24)25)11-10-15-2-8-18(9-3-15)32(22,28)29/h2-9,19-20H,10-14H2,1H3,(H2,22,28,29). The molecule has 11 heteroatoms. The molecule has 0 aromatic heterocycles. The van der Waals surface area contributed by atoms with Gasteiger partial charge < -0.3 is 9.64 Å². The summed E-state index contributed by atoms with van der Waals surface area (Å²) in [6.45, 7) is 0.589. The predicted molar refractivity (Wildman–Crippen MR) is 120 cm³/mol. The van der Waals surface area contributed by atoms with Gasteiger partial charge in [-0.25, -0.2) is 22.0 Å². The summed E-state index contributed by atoms with van der Waals surface area (Å²) in [5.41, 5.74) is 1.53. The number of sulfone groups is 1. The number of rotatable bonds is 6. The zero-order valence-corrected chi connectivity index (χ0v) is 19.2. The van der Waals surface area contributed by atoms with Crippen molar-refractivity contribution in [1.82, 2.24) is 4.90 Å². The van der Waals surface area contributed by atoms with Gasteiger partial charge in [0.1, 0.15) is 5.75 Å². The Morgan fingerprint density at radius 2 is 1.66 bits per heavy atom. The number of fused-ring (bicyclic) bond motifs is 1. The molecule has 2 fully saturated rings. The van der Waals surface area contributed by atoms with Crippen molar-refractivity contribution in [3.8, 4) is 5.75 Å². The molecule has 2 aromatic carbocycles. The number of nitrogens with zero attached hydrogens (tertiary/aromatic N) is 2. The van der Waals surface area contributed by atoms with E-state index in [4.69, 9.17) is 9.88 Å². The van der Waals surface area contributed by atoms with Gasteiger partial charge in [0.05, 0.1) is 36.1 Å². The van der Waals surface area contributed by atoms with Crippen LogP contribution in [0.1, 0.15) is 5.56 Å². The van der Waals surface area contributed by atoms with Crippen LogP contribution in [0.15, 0.2) is 53.4 Å². The van der Waals surface area contributed by atoms with Crippen LogP contribution < -0.4 is 14.8 Å². The first-order chi connectivity index (χ1) is 15.1. The minimum Gasteiger partial charge on any atom is -0.497 e. The normalized spacial score (nSPS) is 23.2. The van der Waals surface area contributed by atoms with E-state index in [1.807, 2.05) is 4.90 Å². The van der Waals surface area contributed by atoms with Crippen LogP contribution in [0.5, 0.6) is 5.75 Å². The van der Waals surface area contributed by atoms with E-state index in [1.54, 1.807) is 48.4 Å². The highest BCUT2D eigenvalue weighted by atomic mass is 32.2. The lowest BCUT2D eigenvalue weighted by atomic mass is 10.0. The predicted octanol–water partition coefficient (Wildman–Crippen LogP) is 0.400. The molecule has 0 bridgehead atoms. The molecule has 2 aliphatic rings. The third-order valence-electron chi connectivity index (χ3n) is 5.99. The van der Waals surface area contributed by atoms with E-state index in [0.717, 1.165) is 5.56 Å². The topological polar surface area (TPSA) is 127 Å². The summed E-state index contributed by atoms with van der Waals surface area (Å²) < 4.78 is 53.0. The number of primary sulfonamides is 1. The first kappa shape index (κ1) is 22.7. The summed E-state index contributed by atoms with van der Waals surface area (Å²) in [7, 11) is -5.49. The summed E-state index contributed by atoms with van der Waals surface area (Å²) in [5, 5.41) is 5.13. The molecule has 2 saturated heterocycles. The van der Waals surface area contributed by atoms with E-state index in [0.29, 0.717) is 24.4 Å². The minimum atomic E-state index is -3.76. The van der Waals surface area contributed by atoms with Crippen molar-refractivity contribution in [1.29, 1.82) is 0 Å². The number of methoxy groups -OCH3 is 1. The molecule has 9 nitrogen and oxygen atoms in total. The van der Waals surface area contributed by atoms with Gasteiger partial charge in [0.25, 0.3) is 0 Å². The fourth-order valence-electron chi connectivity index (χ4n) is 4.40. The Balaban J connectivity index is 1.53. The molecule has 0 radical (unpaired) electrons. The summed E-state index contributed by atoms with van der Waals surface area (Å²) in [5.74, 6) is 0.429. The highest BCUT2D eigenvalue weighted by molar-refractivity contribution is 7.91. The van der Waals surface area contributed by atoms with Crippen molar-refractivity contribution in [2.45, 2.75) is 23.4 Å². The van der Waals surface area contributed by atoms with Gasteiger partial charge in [0, 0.05) is 18.3 Å². The van der Waals surface area contributed by atoms with E-state index in [2.05, 4.69) is 0 Å². The summed E-state index contributed by atoms with van der Waals surface area (Å²) in [6, 6.07) is 12.5. The largest absolute Gasteiger partial charge is 0.497 e. The molecule has 2 aliphatic heterocycles. The van der Waals surface area contributed by atoms with Crippen molar-refractivity contribution in [3.63, 3.8) is 0 Å². The van der Waals surface area contributed by atoms with E-state index in [1.165, 1.54) is 12.1 Å². The molecule has 2 heterocycles. The summed E-state index contributed by atoms with van der Waals surface area (Å²) >= 11 is 0. The lowest BCUT2D eigenvalue weighted by Crippen LogP contribution is -2.62. The fraction of sp³-hybridized carbons (Fsp3) is 0.381. The fourth-order valence-corrected chi connectivity index (χ4v) is 6.90. The number of piperazine rings is 1. The van der Waals surface area contributed by atoms with Gasteiger partial charge in [0.15, 0.2) is 9.84 Å². The van der Waals surface area contributed by atoms with Crippen LogP contribution in [-0.2, 0) is 31.1 Å². The van der Waals surface area contributed by atoms with Crippen LogP contribution in [0, 0.1) is 0 Å². The van der Waals surface area contributed by atoms with Crippen molar-refractivity contribution >= 4 is 31.5 Å². The molecule has 0 spiro atoms. The summed E-state index contributed by atoms with van der Waals surface area (Å²) in [4.78, 5) is 16.6. The molecule has 2 aromatic rings. The molecule has 2 unspecified atom stereocenters. The zero-order valence-electron chi connectivity index (χ0n) is 17.5. The van der Waals surface area contributed by atoms with Gasteiger partial charge in [-0.3, -0.25) is 9.69 Å². The lowest BCUT2D eigenvalue weighted by Gasteiger charge is -2.43. The van der Waals surface area contributed by atoms with E-state index >= 15 is 0 Å². The molecular weight excluding hydrogens is 454 g/mol. The Bertz CT molecular complexity index is 1210. The van der Waals surface area contributed by atoms with E-state index in [-0.39, 0.29) is 34.9 Å². The smallest absolute Gasteiger partial charge is 0.241 e. The Hall–Kier alpha value is -2.47. The molecule has 4 rings (SSSR count). The Morgan fingerprint density at radius 1 is 1.03 bits per heavy atom. The molecule has 172 valence electrons. The average Bonchev–Trinajstić information content (AvgIpc) is 3.07. The minimum absolute atomic E-state index is 0.00194. The second-order valence-electron chi connectivity index (χ2n) is 8.08. The Morgan fingerprint density at radius 3 is 2.25 bits per heavy atom. The van der Waals surface area contributed by atoms with Crippen molar-refractivity contribution in [3.05, 3.63) is 54.1 Å². The van der Waals surface area contributed by atoms with Crippen molar-refractivity contribution in [2.75, 3.05) is 36.6 Å².